The molecule has 0 aliphatic carbocycles. The third kappa shape index (κ3) is 6.95. The van der Waals surface area contributed by atoms with Gasteiger partial charge in [-0.25, -0.2) is 0 Å². The van der Waals surface area contributed by atoms with Crippen molar-refractivity contribution < 1.29 is 4.79 Å². The average Bonchev–Trinajstić information content (AvgIpc) is 3.39. The fraction of sp³-hybridized carbons (Fsp3) is 0.310. The minimum Gasteiger partial charge on any atom is -0.369 e. The first kappa shape index (κ1) is 26.4. The Kier molecular flexibility index (Phi) is 8.56. The molecule has 7 nitrogen and oxygen atoms in total. The van der Waals surface area contributed by atoms with Crippen LogP contribution in [0.2, 0.25) is 5.02 Å². The molecule has 1 heterocycles. The molecule has 0 atom stereocenters. The van der Waals surface area contributed by atoms with E-state index in [0.29, 0.717) is 22.7 Å². The number of anilines is 2. The van der Waals surface area contributed by atoms with Gasteiger partial charge in [0.05, 0.1) is 17.8 Å². The lowest BCUT2D eigenvalue weighted by molar-refractivity contribution is -0.115. The molecule has 37 heavy (non-hydrogen) atoms. The van der Waals surface area contributed by atoms with Gasteiger partial charge in [0, 0.05) is 23.7 Å². The van der Waals surface area contributed by atoms with Gasteiger partial charge < -0.3 is 10.2 Å². The Bertz CT molecular complexity index is 1310. The van der Waals surface area contributed by atoms with Crippen LogP contribution in [0.3, 0.4) is 0 Å². The van der Waals surface area contributed by atoms with Gasteiger partial charge in [-0.1, -0.05) is 81.8 Å². The summed E-state index contributed by atoms with van der Waals surface area (Å²) in [6.45, 7) is 10.6. The molecule has 0 aliphatic heterocycles. The molecule has 4 rings (SSSR count). The van der Waals surface area contributed by atoms with E-state index in [9.17, 15) is 4.79 Å². The molecule has 0 fully saturated rings. The molecule has 2 N–H and O–H groups in total. The monoisotopic (exact) mass is 516 g/mol. The lowest BCUT2D eigenvalue weighted by Crippen LogP contribution is -2.32. The van der Waals surface area contributed by atoms with Crippen molar-refractivity contribution >= 4 is 28.9 Å². The van der Waals surface area contributed by atoms with Gasteiger partial charge >= 0.3 is 0 Å². The van der Waals surface area contributed by atoms with Crippen molar-refractivity contribution in [2.24, 2.45) is 11.8 Å². The van der Waals surface area contributed by atoms with Crippen LogP contribution in [0.15, 0.2) is 66.7 Å². The lowest BCUT2D eigenvalue weighted by atomic mass is 9.97. The molecule has 1 aromatic heterocycles. The van der Waals surface area contributed by atoms with Gasteiger partial charge in [-0.3, -0.25) is 4.79 Å². The number of aromatic amines is 1. The standard InChI is InChI=1S/C29H33ClN6O/c1-19(2)17-36(18-20(3)4)27-14-11-22(24-7-5-6-8-25(24)29-32-34-35-33-29)16-26(27)31-28(37)15-21-9-12-23(30)13-10-21/h5-14,16,19-20H,15,17-18H2,1-4H3,(H,31,37)(H,32,33,34,35). The van der Waals surface area contributed by atoms with E-state index in [-0.39, 0.29) is 12.3 Å². The van der Waals surface area contributed by atoms with Gasteiger partial charge in [0.2, 0.25) is 11.7 Å². The second kappa shape index (κ2) is 12.0. The lowest BCUT2D eigenvalue weighted by Gasteiger charge is -2.31. The van der Waals surface area contributed by atoms with E-state index in [1.807, 2.05) is 42.5 Å². The van der Waals surface area contributed by atoms with E-state index in [2.05, 4.69) is 70.7 Å². The molecule has 0 radical (unpaired) electrons. The smallest absolute Gasteiger partial charge is 0.228 e. The quantitative estimate of drug-likeness (QED) is 0.251. The van der Waals surface area contributed by atoms with Crippen LogP contribution >= 0.6 is 11.6 Å². The van der Waals surface area contributed by atoms with E-state index in [1.165, 1.54) is 0 Å². The number of hydrogen-bond acceptors (Lipinski definition) is 5. The molecule has 0 spiro atoms. The van der Waals surface area contributed by atoms with Crippen LogP contribution in [0.25, 0.3) is 22.5 Å². The largest absolute Gasteiger partial charge is 0.369 e. The minimum absolute atomic E-state index is 0.0822. The van der Waals surface area contributed by atoms with Gasteiger partial charge in [-0.05, 0) is 58.0 Å². The zero-order valence-electron chi connectivity index (χ0n) is 21.7. The van der Waals surface area contributed by atoms with Crippen LogP contribution < -0.4 is 10.2 Å². The zero-order chi connectivity index (χ0) is 26.4. The predicted molar refractivity (Wildman–Crippen MR) is 151 cm³/mol. The summed E-state index contributed by atoms with van der Waals surface area (Å²) in [6.07, 6.45) is 0.259. The average molecular weight is 517 g/mol. The molecule has 192 valence electrons. The molecule has 8 heteroatoms. The van der Waals surface area contributed by atoms with E-state index >= 15 is 0 Å². The number of hydrogen-bond donors (Lipinski definition) is 2. The van der Waals surface area contributed by atoms with Crippen molar-refractivity contribution in [3.63, 3.8) is 0 Å². The van der Waals surface area contributed by atoms with Crippen LogP contribution in [-0.4, -0.2) is 39.6 Å². The maximum atomic E-state index is 13.2. The Morgan fingerprint density at radius 1 is 0.946 bits per heavy atom. The summed E-state index contributed by atoms with van der Waals surface area (Å²) >= 11 is 6.02. The fourth-order valence-corrected chi connectivity index (χ4v) is 4.55. The molecular weight excluding hydrogens is 484 g/mol. The van der Waals surface area contributed by atoms with Crippen molar-refractivity contribution in [3.05, 3.63) is 77.3 Å². The highest BCUT2D eigenvalue weighted by Gasteiger charge is 2.19. The van der Waals surface area contributed by atoms with E-state index in [0.717, 1.165) is 46.7 Å². The third-order valence-electron chi connectivity index (χ3n) is 5.88. The Morgan fingerprint density at radius 2 is 1.62 bits per heavy atom. The highest BCUT2D eigenvalue weighted by atomic mass is 35.5. The predicted octanol–water partition coefficient (Wildman–Crippen LogP) is 6.49. The van der Waals surface area contributed by atoms with E-state index in [4.69, 9.17) is 11.6 Å². The van der Waals surface area contributed by atoms with Crippen LogP contribution in [-0.2, 0) is 11.2 Å². The number of aromatic nitrogens is 4. The SMILES string of the molecule is CC(C)CN(CC(C)C)c1ccc(-c2ccccc2-c2nn[nH]n2)cc1NC(=O)Cc1ccc(Cl)cc1. The van der Waals surface area contributed by atoms with Crippen LogP contribution in [0, 0.1) is 11.8 Å². The van der Waals surface area contributed by atoms with Crippen LogP contribution in [0.4, 0.5) is 11.4 Å². The first-order chi connectivity index (χ1) is 17.8. The van der Waals surface area contributed by atoms with Crippen molar-refractivity contribution in [1.29, 1.82) is 0 Å². The number of carbonyl (C=O) groups excluding carboxylic acids is 1. The zero-order valence-corrected chi connectivity index (χ0v) is 22.5. The van der Waals surface area contributed by atoms with E-state index < -0.39 is 0 Å². The summed E-state index contributed by atoms with van der Waals surface area (Å²) in [6, 6.07) is 21.5. The molecule has 0 saturated heterocycles. The summed E-state index contributed by atoms with van der Waals surface area (Å²) in [7, 11) is 0. The number of nitrogens with zero attached hydrogens (tertiary/aromatic N) is 4. The summed E-state index contributed by atoms with van der Waals surface area (Å²) in [5, 5.41) is 18.4. The molecule has 1 amide bonds. The Balaban J connectivity index is 1.74. The number of benzene rings is 3. The van der Waals surface area contributed by atoms with Gasteiger partial charge in [-0.2, -0.15) is 5.21 Å². The Labute approximate surface area is 223 Å². The summed E-state index contributed by atoms with van der Waals surface area (Å²) in [4.78, 5) is 15.6. The normalized spacial score (nSPS) is 11.2. The maximum absolute atomic E-state index is 13.2. The molecular formula is C29H33ClN6O. The first-order valence-corrected chi connectivity index (χ1v) is 12.9. The maximum Gasteiger partial charge on any atom is 0.228 e. The molecule has 0 saturated carbocycles. The minimum atomic E-state index is -0.0822. The third-order valence-corrected chi connectivity index (χ3v) is 6.14. The number of halogens is 1. The second-order valence-electron chi connectivity index (χ2n) is 10.1. The number of H-pyrrole nitrogens is 1. The van der Waals surface area contributed by atoms with Crippen molar-refractivity contribution in [1.82, 2.24) is 20.6 Å². The Morgan fingerprint density at radius 3 is 2.24 bits per heavy atom. The molecule has 0 bridgehead atoms. The summed E-state index contributed by atoms with van der Waals surface area (Å²) in [5.41, 5.74) is 5.48. The first-order valence-electron chi connectivity index (χ1n) is 12.6. The van der Waals surface area contributed by atoms with Crippen LogP contribution in [0.1, 0.15) is 33.3 Å². The van der Waals surface area contributed by atoms with Crippen molar-refractivity contribution in [2.75, 3.05) is 23.3 Å². The molecule has 0 aliphatic rings. The van der Waals surface area contributed by atoms with E-state index in [1.54, 1.807) is 12.1 Å². The number of rotatable bonds is 10. The highest BCUT2D eigenvalue weighted by molar-refractivity contribution is 6.30. The molecule has 0 unspecified atom stereocenters. The van der Waals surface area contributed by atoms with Gasteiger partial charge in [0.1, 0.15) is 0 Å². The van der Waals surface area contributed by atoms with Crippen molar-refractivity contribution in [3.8, 4) is 22.5 Å². The number of tetrazole rings is 1. The highest BCUT2D eigenvalue weighted by Crippen LogP contribution is 2.36. The molecule has 3 aromatic carbocycles. The topological polar surface area (TPSA) is 86.8 Å². The summed E-state index contributed by atoms with van der Waals surface area (Å²) in [5.74, 6) is 1.38. The number of amides is 1. The summed E-state index contributed by atoms with van der Waals surface area (Å²) < 4.78 is 0. The number of carbonyl (C=O) groups is 1. The van der Waals surface area contributed by atoms with Crippen LogP contribution in [0.5, 0.6) is 0 Å². The Hall–Kier alpha value is -3.71. The number of nitrogens with one attached hydrogen (secondary N) is 2. The van der Waals surface area contributed by atoms with Gasteiger partial charge in [-0.15, -0.1) is 10.2 Å². The second-order valence-corrected chi connectivity index (χ2v) is 10.5. The van der Waals surface area contributed by atoms with Gasteiger partial charge in [0.25, 0.3) is 0 Å². The van der Waals surface area contributed by atoms with Gasteiger partial charge in [0.15, 0.2) is 0 Å². The van der Waals surface area contributed by atoms with Crippen molar-refractivity contribution in [2.45, 2.75) is 34.1 Å². The molecule has 4 aromatic rings. The fourth-order valence-electron chi connectivity index (χ4n) is 4.42.